The van der Waals surface area contributed by atoms with E-state index in [1.165, 1.54) is 16.9 Å². The summed E-state index contributed by atoms with van der Waals surface area (Å²) in [4.78, 5) is 12.3. The predicted molar refractivity (Wildman–Crippen MR) is 102 cm³/mol. The molecule has 1 aromatic carbocycles. The number of benzene rings is 1. The number of hydrogen-bond donors (Lipinski definition) is 1. The summed E-state index contributed by atoms with van der Waals surface area (Å²) in [6.45, 7) is 2.09. The highest BCUT2D eigenvalue weighted by Gasteiger charge is 2.14. The van der Waals surface area contributed by atoms with Gasteiger partial charge in [-0.05, 0) is 52.6 Å². The van der Waals surface area contributed by atoms with Crippen LogP contribution < -0.4 is 5.32 Å². The van der Waals surface area contributed by atoms with E-state index in [0.29, 0.717) is 10.0 Å². The second kappa shape index (κ2) is 7.70. The van der Waals surface area contributed by atoms with Gasteiger partial charge in [-0.25, -0.2) is 0 Å². The molecule has 0 aliphatic carbocycles. The van der Waals surface area contributed by atoms with E-state index in [0.717, 1.165) is 17.7 Å². The lowest BCUT2D eigenvalue weighted by atomic mass is 10.1. The Morgan fingerprint density at radius 1 is 1.21 bits per heavy atom. The van der Waals surface area contributed by atoms with Crippen LogP contribution in [0.1, 0.15) is 32.9 Å². The summed E-state index contributed by atoms with van der Waals surface area (Å²) in [6.07, 6.45) is 2.77. The summed E-state index contributed by atoms with van der Waals surface area (Å²) in [5.74, 6) is -0.289. The minimum absolute atomic E-state index is 0.279. The molecular weight excluding hydrogens is 362 g/mol. The minimum Gasteiger partial charge on any atom is -0.320 e. The Balaban J connectivity index is 1.71. The van der Waals surface area contributed by atoms with Gasteiger partial charge < -0.3 is 5.32 Å². The Morgan fingerprint density at radius 2 is 1.96 bits per heavy atom. The van der Waals surface area contributed by atoms with Crippen LogP contribution in [-0.2, 0) is 6.42 Å². The molecule has 0 atom stereocenters. The number of aromatic nitrogens is 2. The highest BCUT2D eigenvalue weighted by molar-refractivity contribution is 7.15. The van der Waals surface area contributed by atoms with Crippen LogP contribution >= 0.6 is 34.3 Å². The van der Waals surface area contributed by atoms with Gasteiger partial charge in [-0.1, -0.05) is 42.0 Å². The summed E-state index contributed by atoms with van der Waals surface area (Å²) in [5, 5.41) is 16.0. The first-order valence-corrected chi connectivity index (χ1v) is 9.43. The molecule has 0 aliphatic heterocycles. The Labute approximate surface area is 152 Å². The molecule has 24 heavy (non-hydrogen) atoms. The zero-order valence-corrected chi connectivity index (χ0v) is 15.2. The van der Waals surface area contributed by atoms with Crippen molar-refractivity contribution in [3.63, 3.8) is 0 Å². The third kappa shape index (κ3) is 4.08. The highest BCUT2D eigenvalue weighted by atomic mass is 35.5. The van der Waals surface area contributed by atoms with Crippen LogP contribution in [0.15, 0.2) is 41.1 Å². The second-order valence-electron chi connectivity index (χ2n) is 4.97. The largest absolute Gasteiger partial charge is 0.320 e. The standard InChI is InChI=1S/C17H14ClN3OS2/c1-2-11-3-5-13(6-4-11)19-15(22)17-21-20-16(24-17)14(18)9-12-7-8-23-10-12/h3-10H,2H2,1H3,(H,19,22)/b14-9-. The number of hydrogen-bond acceptors (Lipinski definition) is 5. The van der Waals surface area contributed by atoms with Gasteiger partial charge in [-0.15, -0.1) is 10.2 Å². The van der Waals surface area contributed by atoms with Gasteiger partial charge in [0.25, 0.3) is 5.91 Å². The van der Waals surface area contributed by atoms with Gasteiger partial charge in [0.15, 0.2) is 5.01 Å². The number of carbonyl (C=O) groups excluding carboxylic acids is 1. The van der Waals surface area contributed by atoms with Crippen molar-refractivity contribution < 1.29 is 4.79 Å². The van der Waals surface area contributed by atoms with Crippen LogP contribution in [-0.4, -0.2) is 16.1 Å². The van der Waals surface area contributed by atoms with Gasteiger partial charge in [0, 0.05) is 5.69 Å². The molecule has 0 aliphatic rings. The van der Waals surface area contributed by atoms with E-state index in [9.17, 15) is 4.79 Å². The lowest BCUT2D eigenvalue weighted by molar-refractivity contribution is 0.102. The van der Waals surface area contributed by atoms with E-state index >= 15 is 0 Å². The van der Waals surface area contributed by atoms with Crippen molar-refractivity contribution in [2.75, 3.05) is 5.32 Å². The van der Waals surface area contributed by atoms with Crippen LogP contribution in [0.25, 0.3) is 11.1 Å². The van der Waals surface area contributed by atoms with Gasteiger partial charge in [0.2, 0.25) is 5.01 Å². The molecule has 122 valence electrons. The maximum atomic E-state index is 12.3. The maximum Gasteiger partial charge on any atom is 0.286 e. The fourth-order valence-electron chi connectivity index (χ4n) is 1.99. The van der Waals surface area contributed by atoms with Crippen molar-refractivity contribution in [3.05, 3.63) is 62.2 Å². The molecule has 4 nitrogen and oxygen atoms in total. The number of amides is 1. The van der Waals surface area contributed by atoms with E-state index in [1.54, 1.807) is 11.3 Å². The van der Waals surface area contributed by atoms with E-state index < -0.39 is 0 Å². The third-order valence-corrected chi connectivity index (χ3v) is 5.34. The Morgan fingerprint density at radius 3 is 2.62 bits per heavy atom. The van der Waals surface area contributed by atoms with Crippen molar-refractivity contribution >= 4 is 57.0 Å². The topological polar surface area (TPSA) is 54.9 Å². The number of rotatable bonds is 5. The highest BCUT2D eigenvalue weighted by Crippen LogP contribution is 2.26. The maximum absolute atomic E-state index is 12.3. The zero-order valence-electron chi connectivity index (χ0n) is 12.8. The van der Waals surface area contributed by atoms with Crippen molar-refractivity contribution in [2.24, 2.45) is 0 Å². The van der Waals surface area contributed by atoms with Crippen LogP contribution in [0.5, 0.6) is 0 Å². The Kier molecular flexibility index (Phi) is 5.40. The molecule has 0 unspecified atom stereocenters. The summed E-state index contributed by atoms with van der Waals surface area (Å²) in [5.41, 5.74) is 2.95. The molecule has 0 saturated heterocycles. The molecule has 3 aromatic rings. The van der Waals surface area contributed by atoms with Crippen molar-refractivity contribution in [1.29, 1.82) is 0 Å². The molecule has 7 heteroatoms. The summed E-state index contributed by atoms with van der Waals surface area (Å²) >= 11 is 9.01. The van der Waals surface area contributed by atoms with E-state index in [1.807, 2.05) is 47.2 Å². The van der Waals surface area contributed by atoms with Crippen molar-refractivity contribution in [3.8, 4) is 0 Å². The molecule has 1 amide bonds. The Bertz CT molecular complexity index is 854. The van der Waals surface area contributed by atoms with E-state index in [2.05, 4.69) is 22.4 Å². The molecule has 0 fully saturated rings. The van der Waals surface area contributed by atoms with Gasteiger partial charge in [-0.2, -0.15) is 11.3 Å². The number of halogens is 1. The predicted octanol–water partition coefficient (Wildman–Crippen LogP) is 5.15. The lowest BCUT2D eigenvalue weighted by Crippen LogP contribution is -2.11. The molecule has 2 heterocycles. The number of aryl methyl sites for hydroxylation is 1. The first-order chi connectivity index (χ1) is 11.7. The fourth-order valence-corrected chi connectivity index (χ4v) is 3.53. The average molecular weight is 376 g/mol. The molecule has 1 N–H and O–H groups in total. The monoisotopic (exact) mass is 375 g/mol. The normalized spacial score (nSPS) is 11.5. The zero-order chi connectivity index (χ0) is 16.9. The quantitative estimate of drug-likeness (QED) is 0.670. The number of carbonyl (C=O) groups is 1. The summed E-state index contributed by atoms with van der Waals surface area (Å²) < 4.78 is 0. The van der Waals surface area contributed by atoms with Crippen LogP contribution in [0.4, 0.5) is 5.69 Å². The number of nitrogens with zero attached hydrogens (tertiary/aromatic N) is 2. The molecule has 0 spiro atoms. The average Bonchev–Trinajstić information content (AvgIpc) is 3.27. The van der Waals surface area contributed by atoms with Gasteiger partial charge in [-0.3, -0.25) is 4.79 Å². The fraction of sp³-hybridized carbons (Fsp3) is 0.118. The van der Waals surface area contributed by atoms with Crippen molar-refractivity contribution in [1.82, 2.24) is 10.2 Å². The van der Waals surface area contributed by atoms with Crippen LogP contribution in [0.2, 0.25) is 0 Å². The molecule has 2 aromatic heterocycles. The molecule has 0 saturated carbocycles. The summed E-state index contributed by atoms with van der Waals surface area (Å²) in [7, 11) is 0. The molecule has 3 rings (SSSR count). The first kappa shape index (κ1) is 16.8. The number of anilines is 1. The van der Waals surface area contributed by atoms with E-state index in [-0.39, 0.29) is 10.9 Å². The van der Waals surface area contributed by atoms with Gasteiger partial charge in [0.1, 0.15) is 0 Å². The van der Waals surface area contributed by atoms with Crippen LogP contribution in [0.3, 0.4) is 0 Å². The van der Waals surface area contributed by atoms with Crippen molar-refractivity contribution in [2.45, 2.75) is 13.3 Å². The molecule has 0 bridgehead atoms. The van der Waals surface area contributed by atoms with Gasteiger partial charge >= 0.3 is 0 Å². The first-order valence-electron chi connectivity index (χ1n) is 7.29. The molecular formula is C17H14ClN3OS2. The number of nitrogens with one attached hydrogen (secondary N) is 1. The Hall–Kier alpha value is -2.02. The second-order valence-corrected chi connectivity index (χ2v) is 7.13. The minimum atomic E-state index is -0.289. The third-order valence-electron chi connectivity index (χ3n) is 3.28. The van der Waals surface area contributed by atoms with E-state index in [4.69, 9.17) is 11.6 Å². The van der Waals surface area contributed by atoms with Crippen LogP contribution in [0, 0.1) is 0 Å². The smallest absolute Gasteiger partial charge is 0.286 e. The SMILES string of the molecule is CCc1ccc(NC(=O)c2nnc(/C(Cl)=C/c3ccsc3)s2)cc1. The number of thiophene rings is 1. The summed E-state index contributed by atoms with van der Waals surface area (Å²) in [6, 6.07) is 9.69. The lowest BCUT2D eigenvalue weighted by Gasteiger charge is -2.03. The molecule has 0 radical (unpaired) electrons. The van der Waals surface area contributed by atoms with Gasteiger partial charge in [0.05, 0.1) is 5.03 Å².